The average molecular weight is 377 g/mol. The fourth-order valence-electron chi connectivity index (χ4n) is 4.10. The Balaban J connectivity index is 1.92. The Bertz CT molecular complexity index is 1160. The SMILES string of the molecule is Cn1c(CCC#N)c([C@@H](/C=C/c2ccccc2)c2ccccc2)c2ccccc21. The van der Waals surface area contributed by atoms with E-state index in [1.165, 1.54) is 33.3 Å². The topological polar surface area (TPSA) is 28.7 Å². The normalized spacial score (nSPS) is 12.3. The van der Waals surface area contributed by atoms with E-state index in [0.29, 0.717) is 6.42 Å². The van der Waals surface area contributed by atoms with Crippen LogP contribution < -0.4 is 0 Å². The summed E-state index contributed by atoms with van der Waals surface area (Å²) in [7, 11) is 2.11. The monoisotopic (exact) mass is 376 g/mol. The van der Waals surface area contributed by atoms with Crippen molar-refractivity contribution in [3.8, 4) is 6.07 Å². The summed E-state index contributed by atoms with van der Waals surface area (Å²) in [5.74, 6) is 0.121. The number of benzene rings is 3. The van der Waals surface area contributed by atoms with Gasteiger partial charge in [-0.25, -0.2) is 0 Å². The summed E-state index contributed by atoms with van der Waals surface area (Å²) in [5, 5.41) is 10.5. The molecule has 1 aromatic heterocycles. The lowest BCUT2D eigenvalue weighted by molar-refractivity contribution is 0.812. The maximum Gasteiger partial charge on any atom is 0.0625 e. The lowest BCUT2D eigenvalue weighted by Gasteiger charge is -2.16. The van der Waals surface area contributed by atoms with Crippen molar-refractivity contribution >= 4 is 17.0 Å². The fourth-order valence-corrected chi connectivity index (χ4v) is 4.10. The van der Waals surface area contributed by atoms with Crippen molar-refractivity contribution in [3.63, 3.8) is 0 Å². The van der Waals surface area contributed by atoms with Gasteiger partial charge in [0, 0.05) is 42.4 Å². The van der Waals surface area contributed by atoms with E-state index >= 15 is 0 Å². The molecule has 3 aromatic carbocycles. The Kier molecular flexibility index (Phi) is 5.59. The average Bonchev–Trinajstić information content (AvgIpc) is 3.06. The number of para-hydroxylation sites is 1. The standard InChI is InChI=1S/C27H24N2/c1-29-25-16-9-8-15-24(25)27(26(29)17-10-20-28)23(22-13-6-3-7-14-22)19-18-21-11-4-2-5-12-21/h2-9,11-16,18-19,23H,10,17H2,1H3/b19-18+/t23-/m0/s1. The van der Waals surface area contributed by atoms with Crippen LogP contribution in [0, 0.1) is 11.3 Å². The molecule has 0 aliphatic carbocycles. The second-order valence-electron chi connectivity index (χ2n) is 7.25. The minimum Gasteiger partial charge on any atom is -0.347 e. The second-order valence-corrected chi connectivity index (χ2v) is 7.25. The maximum absolute atomic E-state index is 9.22. The van der Waals surface area contributed by atoms with Gasteiger partial charge in [0.25, 0.3) is 0 Å². The molecule has 0 unspecified atom stereocenters. The molecule has 1 heterocycles. The van der Waals surface area contributed by atoms with Gasteiger partial charge in [0.15, 0.2) is 0 Å². The van der Waals surface area contributed by atoms with Crippen LogP contribution in [0.15, 0.2) is 91.0 Å². The molecule has 0 radical (unpaired) electrons. The highest BCUT2D eigenvalue weighted by Gasteiger charge is 2.22. The molecule has 0 saturated heterocycles. The Morgan fingerprint density at radius 1 is 0.897 bits per heavy atom. The summed E-state index contributed by atoms with van der Waals surface area (Å²) in [6.45, 7) is 0. The van der Waals surface area contributed by atoms with Crippen LogP contribution in [-0.2, 0) is 13.5 Å². The van der Waals surface area contributed by atoms with E-state index in [4.69, 9.17) is 0 Å². The molecule has 0 aliphatic rings. The van der Waals surface area contributed by atoms with Crippen molar-refractivity contribution in [2.75, 3.05) is 0 Å². The molecule has 2 nitrogen and oxygen atoms in total. The predicted octanol–water partition coefficient (Wildman–Crippen LogP) is 6.48. The first-order valence-corrected chi connectivity index (χ1v) is 10.0. The summed E-state index contributed by atoms with van der Waals surface area (Å²) >= 11 is 0. The van der Waals surface area contributed by atoms with Gasteiger partial charge in [-0.2, -0.15) is 5.26 Å². The lowest BCUT2D eigenvalue weighted by atomic mass is 9.87. The van der Waals surface area contributed by atoms with E-state index in [2.05, 4.69) is 109 Å². The molecule has 29 heavy (non-hydrogen) atoms. The number of allylic oxidation sites excluding steroid dienone is 1. The molecule has 0 N–H and O–H groups in total. The number of nitriles is 1. The lowest BCUT2D eigenvalue weighted by Crippen LogP contribution is -2.04. The molecule has 0 bridgehead atoms. The number of hydrogen-bond donors (Lipinski definition) is 0. The first-order valence-electron chi connectivity index (χ1n) is 10.0. The third-order valence-corrected chi connectivity index (χ3v) is 5.50. The molecule has 0 fully saturated rings. The molecular weight excluding hydrogens is 352 g/mol. The fraction of sp³-hybridized carbons (Fsp3) is 0.148. The van der Waals surface area contributed by atoms with E-state index in [-0.39, 0.29) is 5.92 Å². The first-order chi connectivity index (χ1) is 14.3. The van der Waals surface area contributed by atoms with Crippen LogP contribution in [0.5, 0.6) is 0 Å². The van der Waals surface area contributed by atoms with Gasteiger partial charge < -0.3 is 4.57 Å². The molecule has 0 saturated carbocycles. The van der Waals surface area contributed by atoms with Crippen molar-refractivity contribution < 1.29 is 0 Å². The van der Waals surface area contributed by atoms with E-state index in [1.54, 1.807) is 0 Å². The highest BCUT2D eigenvalue weighted by Crippen LogP contribution is 2.37. The number of nitrogens with zero attached hydrogens (tertiary/aromatic N) is 2. The van der Waals surface area contributed by atoms with Gasteiger partial charge in [-0.05, 0) is 22.8 Å². The number of fused-ring (bicyclic) bond motifs is 1. The predicted molar refractivity (Wildman–Crippen MR) is 121 cm³/mol. The number of hydrogen-bond acceptors (Lipinski definition) is 1. The summed E-state index contributed by atoms with van der Waals surface area (Å²) in [4.78, 5) is 0. The molecule has 2 heteroatoms. The van der Waals surface area contributed by atoms with Crippen LogP contribution in [0.25, 0.3) is 17.0 Å². The van der Waals surface area contributed by atoms with Crippen molar-refractivity contribution in [1.29, 1.82) is 5.26 Å². The molecule has 4 aromatic rings. The van der Waals surface area contributed by atoms with Crippen molar-refractivity contribution in [3.05, 3.63) is 113 Å². The summed E-state index contributed by atoms with van der Waals surface area (Å²) in [5.41, 5.74) is 6.20. The molecule has 0 spiro atoms. The molecule has 0 aliphatic heterocycles. The van der Waals surface area contributed by atoms with E-state index in [9.17, 15) is 5.26 Å². The largest absolute Gasteiger partial charge is 0.347 e. The molecule has 4 rings (SSSR count). The number of aryl methyl sites for hydroxylation is 1. The second kappa shape index (κ2) is 8.63. The van der Waals surface area contributed by atoms with Gasteiger partial charge in [0.05, 0.1) is 6.07 Å². The molecule has 142 valence electrons. The summed E-state index contributed by atoms with van der Waals surface area (Å²) in [6.07, 6.45) is 5.76. The Labute approximate surface area is 172 Å². The minimum absolute atomic E-state index is 0.121. The van der Waals surface area contributed by atoms with Crippen molar-refractivity contribution in [2.45, 2.75) is 18.8 Å². The van der Waals surface area contributed by atoms with Crippen LogP contribution >= 0.6 is 0 Å². The van der Waals surface area contributed by atoms with Crippen LogP contribution in [0.2, 0.25) is 0 Å². The van der Waals surface area contributed by atoms with Gasteiger partial charge in [0.1, 0.15) is 0 Å². The Hall–Kier alpha value is -3.57. The molecule has 0 amide bonds. The zero-order valence-electron chi connectivity index (χ0n) is 16.6. The van der Waals surface area contributed by atoms with Crippen LogP contribution in [0.3, 0.4) is 0 Å². The van der Waals surface area contributed by atoms with Gasteiger partial charge in [0.2, 0.25) is 0 Å². The van der Waals surface area contributed by atoms with Gasteiger partial charge in [-0.3, -0.25) is 0 Å². The Morgan fingerprint density at radius 2 is 1.55 bits per heavy atom. The molecular formula is C27H24N2. The molecule has 1 atom stereocenters. The zero-order valence-corrected chi connectivity index (χ0v) is 16.6. The van der Waals surface area contributed by atoms with Gasteiger partial charge in [-0.1, -0.05) is 91.0 Å². The summed E-state index contributed by atoms with van der Waals surface area (Å²) < 4.78 is 2.26. The van der Waals surface area contributed by atoms with Gasteiger partial charge >= 0.3 is 0 Å². The quantitative estimate of drug-likeness (QED) is 0.378. The maximum atomic E-state index is 9.22. The van der Waals surface area contributed by atoms with Gasteiger partial charge in [-0.15, -0.1) is 0 Å². The third-order valence-electron chi connectivity index (χ3n) is 5.50. The third kappa shape index (κ3) is 3.86. The van der Waals surface area contributed by atoms with Crippen molar-refractivity contribution in [2.24, 2.45) is 7.05 Å². The van der Waals surface area contributed by atoms with Crippen LogP contribution in [0.1, 0.15) is 34.7 Å². The zero-order chi connectivity index (χ0) is 20.1. The highest BCUT2D eigenvalue weighted by molar-refractivity contribution is 5.87. The van der Waals surface area contributed by atoms with Crippen molar-refractivity contribution in [1.82, 2.24) is 4.57 Å². The van der Waals surface area contributed by atoms with Crippen LogP contribution in [0.4, 0.5) is 0 Å². The summed E-state index contributed by atoms with van der Waals surface area (Å²) in [6, 6.07) is 31.9. The first kappa shape index (κ1) is 18.8. The van der Waals surface area contributed by atoms with E-state index in [0.717, 1.165) is 6.42 Å². The van der Waals surface area contributed by atoms with Crippen LogP contribution in [-0.4, -0.2) is 4.57 Å². The number of aromatic nitrogens is 1. The highest BCUT2D eigenvalue weighted by atomic mass is 14.9. The Morgan fingerprint density at radius 3 is 2.28 bits per heavy atom. The van der Waals surface area contributed by atoms with E-state index < -0.39 is 0 Å². The number of rotatable bonds is 6. The van der Waals surface area contributed by atoms with E-state index in [1.807, 2.05) is 6.07 Å². The smallest absolute Gasteiger partial charge is 0.0625 e. The minimum atomic E-state index is 0.121.